The van der Waals surface area contributed by atoms with Crippen LogP contribution in [-0.2, 0) is 10.3 Å². The summed E-state index contributed by atoms with van der Waals surface area (Å²) in [6.07, 6.45) is 8.25. The molecule has 1 aromatic rings. The van der Waals surface area contributed by atoms with Crippen LogP contribution in [0.3, 0.4) is 0 Å². The van der Waals surface area contributed by atoms with Crippen molar-refractivity contribution in [3.8, 4) is 0 Å². The molecular formula is C17H24N2O3. The van der Waals surface area contributed by atoms with E-state index in [1.165, 1.54) is 0 Å². The lowest BCUT2D eigenvalue weighted by atomic mass is 9.70. The number of rotatable bonds is 2. The Morgan fingerprint density at radius 2 is 2.14 bits per heavy atom. The minimum absolute atomic E-state index is 0.124. The van der Waals surface area contributed by atoms with E-state index in [4.69, 9.17) is 4.74 Å². The molecule has 0 unspecified atom stereocenters. The number of aliphatic hydroxyl groups is 1. The van der Waals surface area contributed by atoms with Crippen LogP contribution in [0.25, 0.3) is 0 Å². The molecule has 1 saturated heterocycles. The van der Waals surface area contributed by atoms with Crippen molar-refractivity contribution in [1.29, 1.82) is 0 Å². The average Bonchev–Trinajstić information content (AvgIpc) is 2.96. The highest BCUT2D eigenvalue weighted by Gasteiger charge is 2.50. The van der Waals surface area contributed by atoms with Gasteiger partial charge in [-0.3, -0.25) is 4.98 Å². The van der Waals surface area contributed by atoms with E-state index in [-0.39, 0.29) is 11.6 Å². The molecule has 2 heterocycles. The molecule has 0 radical (unpaired) electrons. The zero-order valence-electron chi connectivity index (χ0n) is 13.1. The standard InChI is InChI=1S/C17H24N2O3/c1-2-22-15(20)19-12-4-6-16(19)7-9-17(21,10-8-16)14-5-3-11-18-13-14/h3,5,11,13,21H,2,4,6-10,12H2,1H3. The second-order valence-corrected chi connectivity index (χ2v) is 6.45. The number of hydrogen-bond acceptors (Lipinski definition) is 4. The van der Waals surface area contributed by atoms with Gasteiger partial charge >= 0.3 is 6.09 Å². The van der Waals surface area contributed by atoms with Crippen molar-refractivity contribution in [1.82, 2.24) is 9.88 Å². The summed E-state index contributed by atoms with van der Waals surface area (Å²) >= 11 is 0. The van der Waals surface area contributed by atoms with Gasteiger partial charge < -0.3 is 14.7 Å². The molecule has 0 bridgehead atoms. The molecule has 3 rings (SSSR count). The third kappa shape index (κ3) is 2.58. The van der Waals surface area contributed by atoms with Gasteiger partial charge in [-0.05, 0) is 51.5 Å². The Morgan fingerprint density at radius 1 is 1.36 bits per heavy atom. The van der Waals surface area contributed by atoms with Crippen molar-refractivity contribution in [2.24, 2.45) is 0 Å². The van der Waals surface area contributed by atoms with Crippen LogP contribution in [-0.4, -0.2) is 39.8 Å². The molecule has 1 spiro atoms. The Kier molecular flexibility index (Phi) is 4.08. The zero-order chi connectivity index (χ0) is 15.6. The quantitative estimate of drug-likeness (QED) is 0.912. The summed E-state index contributed by atoms with van der Waals surface area (Å²) in [4.78, 5) is 18.2. The van der Waals surface area contributed by atoms with Crippen molar-refractivity contribution < 1.29 is 14.6 Å². The second kappa shape index (κ2) is 5.88. The smallest absolute Gasteiger partial charge is 0.410 e. The van der Waals surface area contributed by atoms with Crippen LogP contribution in [0.4, 0.5) is 4.79 Å². The van der Waals surface area contributed by atoms with Crippen LogP contribution in [0.1, 0.15) is 51.0 Å². The first kappa shape index (κ1) is 15.3. The second-order valence-electron chi connectivity index (χ2n) is 6.45. The monoisotopic (exact) mass is 304 g/mol. The highest BCUT2D eigenvalue weighted by atomic mass is 16.6. The summed E-state index contributed by atoms with van der Waals surface area (Å²) in [7, 11) is 0. The normalized spacial score (nSPS) is 31.5. The fourth-order valence-electron chi connectivity index (χ4n) is 4.00. The molecule has 22 heavy (non-hydrogen) atoms. The summed E-state index contributed by atoms with van der Waals surface area (Å²) in [5.74, 6) is 0. The summed E-state index contributed by atoms with van der Waals surface area (Å²) in [5, 5.41) is 10.9. The largest absolute Gasteiger partial charge is 0.450 e. The lowest BCUT2D eigenvalue weighted by Crippen LogP contribution is -2.52. The summed E-state index contributed by atoms with van der Waals surface area (Å²) in [6, 6.07) is 3.79. The van der Waals surface area contributed by atoms with E-state index in [2.05, 4.69) is 4.98 Å². The molecule has 5 heteroatoms. The maximum Gasteiger partial charge on any atom is 0.410 e. The van der Waals surface area contributed by atoms with E-state index in [1.54, 1.807) is 12.4 Å². The van der Waals surface area contributed by atoms with E-state index in [0.29, 0.717) is 19.4 Å². The van der Waals surface area contributed by atoms with Gasteiger partial charge in [0.1, 0.15) is 0 Å². The molecular weight excluding hydrogens is 280 g/mol. The maximum atomic E-state index is 12.2. The van der Waals surface area contributed by atoms with Crippen LogP contribution in [0.5, 0.6) is 0 Å². The van der Waals surface area contributed by atoms with Gasteiger partial charge in [0.05, 0.1) is 12.2 Å². The molecule has 2 fully saturated rings. The van der Waals surface area contributed by atoms with E-state index >= 15 is 0 Å². The number of amides is 1. The first-order valence-corrected chi connectivity index (χ1v) is 8.17. The number of aromatic nitrogens is 1. The molecule has 1 amide bonds. The fraction of sp³-hybridized carbons (Fsp3) is 0.647. The minimum Gasteiger partial charge on any atom is -0.450 e. The third-order valence-corrected chi connectivity index (χ3v) is 5.29. The van der Waals surface area contributed by atoms with E-state index < -0.39 is 5.60 Å². The number of likely N-dealkylation sites (tertiary alicyclic amines) is 1. The molecule has 1 saturated carbocycles. The molecule has 5 nitrogen and oxygen atoms in total. The molecule has 1 N–H and O–H groups in total. The van der Waals surface area contributed by atoms with Crippen LogP contribution in [0.2, 0.25) is 0 Å². The minimum atomic E-state index is -0.817. The topological polar surface area (TPSA) is 62.7 Å². The Labute approximate surface area is 131 Å². The first-order chi connectivity index (χ1) is 10.6. The van der Waals surface area contributed by atoms with Crippen molar-refractivity contribution in [2.45, 2.75) is 56.6 Å². The number of hydrogen-bond donors (Lipinski definition) is 1. The number of nitrogens with zero attached hydrogens (tertiary/aromatic N) is 2. The highest BCUT2D eigenvalue weighted by molar-refractivity contribution is 5.69. The first-order valence-electron chi connectivity index (χ1n) is 8.17. The third-order valence-electron chi connectivity index (χ3n) is 5.29. The summed E-state index contributed by atoms with van der Waals surface area (Å²) in [6.45, 7) is 3.01. The van der Waals surface area contributed by atoms with Gasteiger partial charge in [0.25, 0.3) is 0 Å². The van der Waals surface area contributed by atoms with Crippen LogP contribution < -0.4 is 0 Å². The summed E-state index contributed by atoms with van der Waals surface area (Å²) in [5.41, 5.74) is -0.0612. The fourth-order valence-corrected chi connectivity index (χ4v) is 4.00. The lowest BCUT2D eigenvalue weighted by molar-refractivity contribution is -0.0467. The predicted molar refractivity (Wildman–Crippen MR) is 82.3 cm³/mol. The molecule has 0 aromatic carbocycles. The van der Waals surface area contributed by atoms with Gasteiger partial charge in [0.2, 0.25) is 0 Å². The van der Waals surface area contributed by atoms with Crippen molar-refractivity contribution in [2.75, 3.05) is 13.2 Å². The van der Waals surface area contributed by atoms with E-state index in [1.807, 2.05) is 24.0 Å². The van der Waals surface area contributed by atoms with Crippen LogP contribution in [0.15, 0.2) is 24.5 Å². The highest BCUT2D eigenvalue weighted by Crippen LogP contribution is 2.48. The Hall–Kier alpha value is -1.62. The molecule has 2 aliphatic rings. The van der Waals surface area contributed by atoms with Gasteiger partial charge in [0.15, 0.2) is 0 Å². The maximum absolute atomic E-state index is 12.2. The van der Waals surface area contributed by atoms with Gasteiger partial charge in [-0.15, -0.1) is 0 Å². The lowest BCUT2D eigenvalue weighted by Gasteiger charge is -2.46. The molecule has 1 aliphatic heterocycles. The van der Waals surface area contributed by atoms with Gasteiger partial charge in [0, 0.05) is 30.0 Å². The van der Waals surface area contributed by atoms with Crippen LogP contribution >= 0.6 is 0 Å². The SMILES string of the molecule is CCOC(=O)N1CCCC12CCC(O)(c1cccnc1)CC2. The molecule has 1 aliphatic carbocycles. The van der Waals surface area contributed by atoms with Gasteiger partial charge in [-0.1, -0.05) is 6.07 Å². The molecule has 0 atom stereocenters. The van der Waals surface area contributed by atoms with Crippen LogP contribution in [0, 0.1) is 0 Å². The van der Waals surface area contributed by atoms with E-state index in [0.717, 1.165) is 37.8 Å². The summed E-state index contributed by atoms with van der Waals surface area (Å²) < 4.78 is 5.20. The average molecular weight is 304 g/mol. The van der Waals surface area contributed by atoms with Crippen molar-refractivity contribution >= 4 is 6.09 Å². The number of pyridine rings is 1. The Morgan fingerprint density at radius 3 is 2.77 bits per heavy atom. The Bertz CT molecular complexity index is 524. The molecule has 1 aromatic heterocycles. The van der Waals surface area contributed by atoms with Gasteiger partial charge in [-0.2, -0.15) is 0 Å². The number of carbonyl (C=O) groups excluding carboxylic acids is 1. The number of carbonyl (C=O) groups is 1. The predicted octanol–water partition coefficient (Wildman–Crippen LogP) is 2.83. The van der Waals surface area contributed by atoms with Gasteiger partial charge in [-0.25, -0.2) is 4.79 Å². The zero-order valence-corrected chi connectivity index (χ0v) is 13.1. The molecule has 120 valence electrons. The van der Waals surface area contributed by atoms with Crippen molar-refractivity contribution in [3.63, 3.8) is 0 Å². The number of ether oxygens (including phenoxy) is 1. The van der Waals surface area contributed by atoms with Crippen molar-refractivity contribution in [3.05, 3.63) is 30.1 Å². The Balaban J connectivity index is 1.74. The van der Waals surface area contributed by atoms with E-state index in [9.17, 15) is 9.90 Å².